The largest absolute Gasteiger partial charge is 0.491 e. The normalized spacial score (nSPS) is 14.8. The molecule has 90 heavy (non-hydrogen) atoms. The number of aromatic nitrogens is 4. The maximum Gasteiger partial charge on any atom is 0.255 e. The van der Waals surface area contributed by atoms with E-state index >= 15 is 0 Å². The lowest BCUT2D eigenvalue weighted by Crippen LogP contribution is -2.19. The summed E-state index contributed by atoms with van der Waals surface area (Å²) in [6.07, 6.45) is 3.12. The highest BCUT2D eigenvalue weighted by Crippen LogP contribution is 2.46. The number of aromatic amines is 2. The van der Waals surface area contributed by atoms with Crippen LogP contribution in [-0.2, 0) is 27.7 Å². The molecule has 0 aliphatic carbocycles. The summed E-state index contributed by atoms with van der Waals surface area (Å²) in [5.41, 5.74) is 22.8. The maximum absolute atomic E-state index is 14.0. The molecule has 0 saturated heterocycles. The minimum absolute atomic E-state index is 0.264. The summed E-state index contributed by atoms with van der Waals surface area (Å²) >= 11 is 0. The Hall–Kier alpha value is -9.24. The lowest BCUT2D eigenvalue weighted by Gasteiger charge is -2.21. The van der Waals surface area contributed by atoms with Crippen LogP contribution in [0.15, 0.2) is 127 Å². The molecule has 5 aromatic carbocycles. The van der Waals surface area contributed by atoms with Crippen molar-refractivity contribution in [3.8, 4) is 45.3 Å². The van der Waals surface area contributed by atoms with Crippen molar-refractivity contribution in [3.05, 3.63) is 189 Å². The van der Waals surface area contributed by atoms with Gasteiger partial charge in [-0.2, -0.15) is 0 Å². The van der Waals surface area contributed by atoms with Gasteiger partial charge in [0.05, 0.1) is 60.2 Å². The molecule has 14 heteroatoms. The SMILES string of the molecule is CCC1=C(C)c2nc1cc1[nH]c(c(C)c1CC)c1c3nc(cc4[nH]c(c(C)c4CC)c2-c2ccccc2OCCOCCOc2cccc(c2)NC(=O)c2cc(cc(C(C)(C)C)c2)C(=O)Nc2cccc(c2)OCCOCCOc2ccccc2-1)C(CC)=C3C. The number of nitrogens with zero attached hydrogens (tertiary/aromatic N) is 2. The van der Waals surface area contributed by atoms with Gasteiger partial charge in [-0.15, -0.1) is 0 Å². The molecule has 12 rings (SSSR count). The van der Waals surface area contributed by atoms with E-state index in [1.54, 1.807) is 30.3 Å². The van der Waals surface area contributed by atoms with Crippen molar-refractivity contribution in [2.45, 2.75) is 107 Å². The molecule has 0 spiro atoms. The molecule has 3 aromatic heterocycles. The topological polar surface area (TPSA) is 171 Å². The fourth-order valence-corrected chi connectivity index (χ4v) is 12.6. The van der Waals surface area contributed by atoms with Gasteiger partial charge in [0.1, 0.15) is 49.4 Å². The zero-order valence-corrected chi connectivity index (χ0v) is 53.8. The van der Waals surface area contributed by atoms with Crippen LogP contribution in [-0.4, -0.2) is 84.6 Å². The monoisotopic (exact) mass is 1210 g/mol. The van der Waals surface area contributed by atoms with Crippen molar-refractivity contribution in [2.24, 2.45) is 0 Å². The Morgan fingerprint density at radius 1 is 0.456 bits per heavy atom. The van der Waals surface area contributed by atoms with E-state index in [9.17, 15) is 9.59 Å². The predicted molar refractivity (Wildman–Crippen MR) is 363 cm³/mol. The van der Waals surface area contributed by atoms with Crippen molar-refractivity contribution in [1.29, 1.82) is 0 Å². The second kappa shape index (κ2) is 27.2. The van der Waals surface area contributed by atoms with Gasteiger partial charge in [-0.1, -0.05) is 97.0 Å². The highest BCUT2D eigenvalue weighted by molar-refractivity contribution is 6.09. The average Bonchev–Trinajstić information content (AvgIpc) is 2.23. The van der Waals surface area contributed by atoms with Crippen LogP contribution < -0.4 is 29.6 Å². The standard InChI is InChI=1S/C76H82N6O8/c1-12-56-45(5)70-68-60-26-16-18-28-66(60)89-36-32-85-30-34-87-54-24-20-22-52(41-54)77-74(83)49-38-50(40-51(39-49)76(9,10)11)75(84)78-53-23-21-25-55(42-53)88-35-31-86-33-37-90-67-29-19-17-27-61(67)69(72-46(6)57(13-2)63(80-72)43-62(56)79-70)73-48(8)59(15-4)65(82-73)44-64-58(14-3)47(7)71(68)81-64/h16-29,38-44,79,82H,12-15,30-37H2,1-11H3,(H,77,83)(H,78,84). The molecular weight excluding hydrogens is 1120 g/mol. The molecule has 0 fully saturated rings. The molecule has 4 aliphatic heterocycles. The summed E-state index contributed by atoms with van der Waals surface area (Å²) in [5.74, 6) is 1.82. The minimum atomic E-state index is -0.366. The molecule has 0 atom stereocenters. The van der Waals surface area contributed by atoms with Crippen LogP contribution in [0.1, 0.15) is 146 Å². The van der Waals surface area contributed by atoms with E-state index in [0.717, 1.165) is 121 Å². The van der Waals surface area contributed by atoms with Gasteiger partial charge in [0.15, 0.2) is 0 Å². The van der Waals surface area contributed by atoms with E-state index in [1.165, 1.54) is 22.3 Å². The number of rotatable bonds is 4. The van der Waals surface area contributed by atoms with Gasteiger partial charge in [0, 0.05) is 67.9 Å². The Bertz CT molecular complexity index is 4030. The number of para-hydroxylation sites is 2. The number of nitrogens with one attached hydrogen (secondary N) is 4. The number of carbonyl (C=O) groups is 2. The zero-order valence-electron chi connectivity index (χ0n) is 53.8. The number of allylic oxidation sites excluding steroid dienone is 4. The third-order valence-corrected chi connectivity index (χ3v) is 17.3. The van der Waals surface area contributed by atoms with Crippen molar-refractivity contribution >= 4 is 67.5 Å². The third kappa shape index (κ3) is 13.1. The molecule has 0 radical (unpaired) electrons. The van der Waals surface area contributed by atoms with Crippen molar-refractivity contribution in [2.75, 3.05) is 63.5 Å². The maximum atomic E-state index is 14.0. The van der Waals surface area contributed by atoms with Gasteiger partial charge < -0.3 is 49.0 Å². The molecule has 8 aromatic rings. The van der Waals surface area contributed by atoms with Crippen LogP contribution in [0.5, 0.6) is 23.0 Å². The number of hydrogen-bond donors (Lipinski definition) is 4. The van der Waals surface area contributed by atoms with E-state index in [-0.39, 0.29) is 43.7 Å². The van der Waals surface area contributed by atoms with Crippen LogP contribution in [0.2, 0.25) is 0 Å². The van der Waals surface area contributed by atoms with Gasteiger partial charge >= 0.3 is 0 Å². The Kier molecular flexibility index (Phi) is 18.9. The molecule has 7 heterocycles. The van der Waals surface area contributed by atoms with Crippen LogP contribution in [0.25, 0.3) is 66.6 Å². The molecular formula is C76H82N6O8. The number of benzene rings is 5. The number of fused-ring (bicyclic) bond motifs is 14. The van der Waals surface area contributed by atoms with Crippen molar-refractivity contribution in [3.63, 3.8) is 0 Å². The van der Waals surface area contributed by atoms with E-state index < -0.39 is 0 Å². The van der Waals surface area contributed by atoms with E-state index in [0.29, 0.717) is 71.9 Å². The summed E-state index contributed by atoms with van der Waals surface area (Å²) in [5, 5.41) is 6.03. The molecule has 464 valence electrons. The van der Waals surface area contributed by atoms with Crippen molar-refractivity contribution < 1.29 is 38.0 Å². The van der Waals surface area contributed by atoms with Gasteiger partial charge in [0.2, 0.25) is 0 Å². The first-order valence-corrected chi connectivity index (χ1v) is 31.6. The number of ether oxygens (including phenoxy) is 6. The molecule has 0 unspecified atom stereocenters. The zero-order chi connectivity index (χ0) is 63.2. The highest BCUT2D eigenvalue weighted by atomic mass is 16.6. The van der Waals surface area contributed by atoms with Gasteiger partial charge in [0.25, 0.3) is 11.8 Å². The Balaban J connectivity index is 1.01. The molecule has 4 N–H and O–H groups in total. The number of H-pyrrole nitrogens is 2. The first kappa shape index (κ1) is 62.4. The fourth-order valence-electron chi connectivity index (χ4n) is 12.6. The number of aryl methyl sites for hydroxylation is 4. The second-order valence-corrected chi connectivity index (χ2v) is 24.0. The molecule has 14 nitrogen and oxygen atoms in total. The first-order valence-electron chi connectivity index (χ1n) is 31.6. The summed E-state index contributed by atoms with van der Waals surface area (Å²) in [6, 6.07) is 40.7. The van der Waals surface area contributed by atoms with Crippen LogP contribution in [0.3, 0.4) is 0 Å². The van der Waals surface area contributed by atoms with Crippen LogP contribution in [0, 0.1) is 13.8 Å². The molecule has 2 amide bonds. The Labute approximate surface area is 528 Å². The number of anilines is 2. The average molecular weight is 1210 g/mol. The number of hydrogen-bond acceptors (Lipinski definition) is 10. The molecule has 16 bridgehead atoms. The van der Waals surface area contributed by atoms with E-state index in [1.807, 2.05) is 81.4 Å². The van der Waals surface area contributed by atoms with Crippen molar-refractivity contribution in [1.82, 2.24) is 19.9 Å². The van der Waals surface area contributed by atoms with E-state index in [2.05, 4.69) is 112 Å². The van der Waals surface area contributed by atoms with Gasteiger partial charge in [-0.25, -0.2) is 9.97 Å². The summed E-state index contributed by atoms with van der Waals surface area (Å²) in [6.45, 7) is 26.1. The quantitative estimate of drug-likeness (QED) is 0.124. The summed E-state index contributed by atoms with van der Waals surface area (Å²) in [7, 11) is 0. The number of amides is 2. The first-order chi connectivity index (χ1) is 43.6. The lowest BCUT2D eigenvalue weighted by atomic mass is 9.85. The predicted octanol–water partition coefficient (Wildman–Crippen LogP) is 17.1. The van der Waals surface area contributed by atoms with Gasteiger partial charge in [-0.3, -0.25) is 9.59 Å². The Morgan fingerprint density at radius 3 is 1.27 bits per heavy atom. The fraction of sp³-hybridized carbons (Fsp3) is 0.316. The highest BCUT2D eigenvalue weighted by Gasteiger charge is 2.28. The van der Waals surface area contributed by atoms with Gasteiger partial charge in [-0.05, 0) is 176 Å². The smallest absolute Gasteiger partial charge is 0.255 e. The van der Waals surface area contributed by atoms with Crippen LogP contribution in [0.4, 0.5) is 11.4 Å². The molecule has 4 aliphatic rings. The summed E-state index contributed by atoms with van der Waals surface area (Å²) in [4.78, 5) is 47.4. The second-order valence-electron chi connectivity index (χ2n) is 24.0. The number of carbonyl (C=O) groups excluding carboxylic acids is 2. The minimum Gasteiger partial charge on any atom is -0.491 e. The molecule has 0 saturated carbocycles. The van der Waals surface area contributed by atoms with Crippen LogP contribution >= 0.6 is 0 Å². The Morgan fingerprint density at radius 2 is 0.867 bits per heavy atom. The summed E-state index contributed by atoms with van der Waals surface area (Å²) < 4.78 is 38.0. The van der Waals surface area contributed by atoms with E-state index in [4.69, 9.17) is 38.4 Å². The lowest BCUT2D eigenvalue weighted by molar-refractivity contribution is 0.0766. The third-order valence-electron chi connectivity index (χ3n) is 17.3.